The van der Waals surface area contributed by atoms with Gasteiger partial charge in [-0.25, -0.2) is 0 Å². The molecule has 0 bridgehead atoms. The van der Waals surface area contributed by atoms with Gasteiger partial charge in [0.05, 0.1) is 13.3 Å². The Morgan fingerprint density at radius 1 is 1.43 bits per heavy atom. The first-order valence-electron chi connectivity index (χ1n) is 4.88. The Kier molecular flexibility index (Phi) is 3.89. The number of methoxy groups -OCH3 is 1. The van der Waals surface area contributed by atoms with Gasteiger partial charge in [-0.1, -0.05) is 13.8 Å². The van der Waals surface area contributed by atoms with Crippen molar-refractivity contribution in [1.29, 1.82) is 0 Å². The highest BCUT2D eigenvalue weighted by molar-refractivity contribution is 5.25. The second-order valence-electron chi connectivity index (χ2n) is 3.89. The van der Waals surface area contributed by atoms with Crippen molar-refractivity contribution in [3.8, 4) is 5.75 Å². The normalized spacial score (nSPS) is 12.9. The minimum Gasteiger partial charge on any atom is -0.495 e. The van der Waals surface area contributed by atoms with E-state index < -0.39 is 0 Å². The molecule has 0 radical (unpaired) electrons. The third kappa shape index (κ3) is 3.00. The minimum atomic E-state index is 0.0533. The van der Waals surface area contributed by atoms with Crippen LogP contribution in [0.5, 0.6) is 5.75 Å². The zero-order chi connectivity index (χ0) is 10.6. The van der Waals surface area contributed by atoms with Crippen LogP contribution in [0.2, 0.25) is 0 Å². The summed E-state index contributed by atoms with van der Waals surface area (Å²) in [7, 11) is 1.63. The predicted molar refractivity (Wildman–Crippen MR) is 57.2 cm³/mol. The zero-order valence-electron chi connectivity index (χ0n) is 9.03. The van der Waals surface area contributed by atoms with Gasteiger partial charge in [-0.2, -0.15) is 0 Å². The van der Waals surface area contributed by atoms with Crippen LogP contribution < -0.4 is 10.5 Å². The molecule has 0 fully saturated rings. The maximum Gasteiger partial charge on any atom is 0.137 e. The molecule has 0 aromatic carbocycles. The summed E-state index contributed by atoms with van der Waals surface area (Å²) in [6.07, 6.45) is 4.45. The van der Waals surface area contributed by atoms with Crippen LogP contribution in [0.3, 0.4) is 0 Å². The van der Waals surface area contributed by atoms with E-state index in [2.05, 4.69) is 18.8 Å². The molecule has 3 heteroatoms. The van der Waals surface area contributed by atoms with Crippen LogP contribution in [0.4, 0.5) is 0 Å². The third-order valence-electron chi connectivity index (χ3n) is 2.12. The van der Waals surface area contributed by atoms with E-state index in [9.17, 15) is 0 Å². The molecule has 3 nitrogen and oxygen atoms in total. The van der Waals surface area contributed by atoms with E-state index >= 15 is 0 Å². The van der Waals surface area contributed by atoms with Crippen LogP contribution in [-0.4, -0.2) is 12.1 Å². The van der Waals surface area contributed by atoms with Crippen molar-refractivity contribution in [3.05, 3.63) is 24.0 Å². The highest BCUT2D eigenvalue weighted by Gasteiger charge is 2.09. The first-order chi connectivity index (χ1) is 6.63. The summed E-state index contributed by atoms with van der Waals surface area (Å²) >= 11 is 0. The van der Waals surface area contributed by atoms with Crippen LogP contribution in [0, 0.1) is 5.92 Å². The lowest BCUT2D eigenvalue weighted by Gasteiger charge is -2.14. The fraction of sp³-hybridized carbons (Fsp3) is 0.545. The lowest BCUT2D eigenvalue weighted by molar-refractivity contribution is 0.410. The second kappa shape index (κ2) is 4.96. The SMILES string of the molecule is COc1cncc(C(N)CC(C)C)c1. The Balaban J connectivity index is 2.73. The fourth-order valence-electron chi connectivity index (χ4n) is 1.39. The molecule has 1 unspecified atom stereocenters. The van der Waals surface area contributed by atoms with Gasteiger partial charge >= 0.3 is 0 Å². The Morgan fingerprint density at radius 2 is 2.14 bits per heavy atom. The van der Waals surface area contributed by atoms with Gasteiger partial charge in [0.2, 0.25) is 0 Å². The van der Waals surface area contributed by atoms with E-state index in [1.807, 2.05) is 6.07 Å². The molecule has 1 atom stereocenters. The maximum absolute atomic E-state index is 6.02. The monoisotopic (exact) mass is 194 g/mol. The molecular weight excluding hydrogens is 176 g/mol. The van der Waals surface area contributed by atoms with E-state index in [1.165, 1.54) is 0 Å². The highest BCUT2D eigenvalue weighted by atomic mass is 16.5. The summed E-state index contributed by atoms with van der Waals surface area (Å²) in [6.45, 7) is 4.32. The second-order valence-corrected chi connectivity index (χ2v) is 3.89. The van der Waals surface area contributed by atoms with Gasteiger partial charge in [0.15, 0.2) is 0 Å². The summed E-state index contributed by atoms with van der Waals surface area (Å²) in [5, 5.41) is 0. The summed E-state index contributed by atoms with van der Waals surface area (Å²) in [5.74, 6) is 1.36. The van der Waals surface area contributed by atoms with Crippen molar-refractivity contribution in [2.45, 2.75) is 26.3 Å². The van der Waals surface area contributed by atoms with Crippen molar-refractivity contribution in [1.82, 2.24) is 4.98 Å². The fourth-order valence-corrected chi connectivity index (χ4v) is 1.39. The third-order valence-corrected chi connectivity index (χ3v) is 2.12. The molecule has 1 aromatic heterocycles. The predicted octanol–water partition coefficient (Wildman–Crippen LogP) is 2.14. The van der Waals surface area contributed by atoms with Crippen LogP contribution in [-0.2, 0) is 0 Å². The molecule has 0 saturated heterocycles. The number of pyridine rings is 1. The van der Waals surface area contributed by atoms with Crippen LogP contribution in [0.25, 0.3) is 0 Å². The molecule has 0 aliphatic carbocycles. The Hall–Kier alpha value is -1.09. The van der Waals surface area contributed by atoms with E-state index in [4.69, 9.17) is 10.5 Å². The first-order valence-corrected chi connectivity index (χ1v) is 4.88. The number of nitrogens with zero attached hydrogens (tertiary/aromatic N) is 1. The molecule has 2 N–H and O–H groups in total. The van der Waals surface area contributed by atoms with Gasteiger partial charge in [-0.05, 0) is 24.0 Å². The van der Waals surface area contributed by atoms with Crippen LogP contribution in [0.15, 0.2) is 18.5 Å². The van der Waals surface area contributed by atoms with E-state index in [0.717, 1.165) is 17.7 Å². The topological polar surface area (TPSA) is 48.1 Å². The van der Waals surface area contributed by atoms with Gasteiger partial charge in [-0.15, -0.1) is 0 Å². The molecule has 0 aliphatic heterocycles. The number of hydrogen-bond donors (Lipinski definition) is 1. The van der Waals surface area contributed by atoms with E-state index in [0.29, 0.717) is 5.92 Å². The molecule has 14 heavy (non-hydrogen) atoms. The lowest BCUT2D eigenvalue weighted by Crippen LogP contribution is -2.13. The first kappa shape index (κ1) is 11.0. The van der Waals surface area contributed by atoms with Gasteiger partial charge in [0.1, 0.15) is 5.75 Å². The molecule has 78 valence electrons. The molecular formula is C11H18N2O. The zero-order valence-corrected chi connectivity index (χ0v) is 9.03. The van der Waals surface area contributed by atoms with Crippen molar-refractivity contribution in [2.24, 2.45) is 11.7 Å². The van der Waals surface area contributed by atoms with E-state index in [-0.39, 0.29) is 6.04 Å². The average molecular weight is 194 g/mol. The Bertz CT molecular complexity index is 286. The van der Waals surface area contributed by atoms with E-state index in [1.54, 1.807) is 19.5 Å². The van der Waals surface area contributed by atoms with Crippen LogP contribution in [0.1, 0.15) is 31.9 Å². The molecule has 0 amide bonds. The van der Waals surface area contributed by atoms with Gasteiger partial charge in [-0.3, -0.25) is 4.98 Å². The van der Waals surface area contributed by atoms with Gasteiger partial charge < -0.3 is 10.5 Å². The van der Waals surface area contributed by atoms with Gasteiger partial charge in [0.25, 0.3) is 0 Å². The minimum absolute atomic E-state index is 0.0533. The standard InChI is InChI=1S/C11H18N2O/c1-8(2)4-11(12)9-5-10(14-3)7-13-6-9/h5-8,11H,4,12H2,1-3H3. The molecule has 1 aromatic rings. The van der Waals surface area contributed by atoms with Gasteiger partial charge in [0, 0.05) is 12.2 Å². The molecule has 0 saturated carbocycles. The highest BCUT2D eigenvalue weighted by Crippen LogP contribution is 2.20. The quantitative estimate of drug-likeness (QED) is 0.798. The molecule has 1 rings (SSSR count). The van der Waals surface area contributed by atoms with Crippen molar-refractivity contribution in [3.63, 3.8) is 0 Å². The van der Waals surface area contributed by atoms with Crippen molar-refractivity contribution < 1.29 is 4.74 Å². The number of aromatic nitrogens is 1. The summed E-state index contributed by atoms with van der Waals surface area (Å²) in [4.78, 5) is 4.08. The molecule has 0 spiro atoms. The number of ether oxygens (including phenoxy) is 1. The number of rotatable bonds is 4. The summed E-state index contributed by atoms with van der Waals surface area (Å²) in [5.41, 5.74) is 7.06. The lowest BCUT2D eigenvalue weighted by atomic mass is 9.99. The summed E-state index contributed by atoms with van der Waals surface area (Å²) in [6, 6.07) is 2.00. The smallest absolute Gasteiger partial charge is 0.137 e. The Morgan fingerprint density at radius 3 is 2.71 bits per heavy atom. The Labute approximate surface area is 85.3 Å². The number of nitrogens with two attached hydrogens (primary N) is 1. The largest absolute Gasteiger partial charge is 0.495 e. The molecule has 1 heterocycles. The molecule has 0 aliphatic rings. The average Bonchev–Trinajstić information content (AvgIpc) is 2.17. The maximum atomic E-state index is 6.02. The van der Waals surface area contributed by atoms with Crippen LogP contribution >= 0.6 is 0 Å². The van der Waals surface area contributed by atoms with Crippen molar-refractivity contribution >= 4 is 0 Å². The van der Waals surface area contributed by atoms with Crippen molar-refractivity contribution in [2.75, 3.05) is 7.11 Å². The number of hydrogen-bond acceptors (Lipinski definition) is 3. The summed E-state index contributed by atoms with van der Waals surface area (Å²) < 4.78 is 5.09.